The SMILES string of the molecule is Cc1nc(CNCCCN(C)C)n(C)c1C. The molecule has 0 atom stereocenters. The Balaban J connectivity index is 2.29. The van der Waals surface area contributed by atoms with E-state index < -0.39 is 0 Å². The van der Waals surface area contributed by atoms with Crippen molar-refractivity contribution in [2.24, 2.45) is 7.05 Å². The van der Waals surface area contributed by atoms with Gasteiger partial charge in [0, 0.05) is 12.7 Å². The highest BCUT2D eigenvalue weighted by Gasteiger charge is 2.06. The van der Waals surface area contributed by atoms with Crippen LogP contribution in [0.2, 0.25) is 0 Å². The van der Waals surface area contributed by atoms with Crippen molar-refractivity contribution in [2.75, 3.05) is 27.2 Å². The first-order valence-corrected chi connectivity index (χ1v) is 5.86. The highest BCUT2D eigenvalue weighted by Crippen LogP contribution is 2.07. The Morgan fingerprint density at radius 1 is 1.31 bits per heavy atom. The van der Waals surface area contributed by atoms with Gasteiger partial charge >= 0.3 is 0 Å². The minimum atomic E-state index is 0.860. The Kier molecular flexibility index (Phi) is 4.96. The van der Waals surface area contributed by atoms with Crippen LogP contribution in [0, 0.1) is 13.8 Å². The Hall–Kier alpha value is -0.870. The lowest BCUT2D eigenvalue weighted by Gasteiger charge is -2.09. The van der Waals surface area contributed by atoms with Crippen LogP contribution in [0.4, 0.5) is 0 Å². The molecule has 0 aliphatic carbocycles. The molecule has 1 aromatic heterocycles. The van der Waals surface area contributed by atoms with Gasteiger partial charge in [0.05, 0.1) is 12.2 Å². The van der Waals surface area contributed by atoms with E-state index in [0.29, 0.717) is 0 Å². The van der Waals surface area contributed by atoms with Crippen molar-refractivity contribution in [1.29, 1.82) is 0 Å². The van der Waals surface area contributed by atoms with Gasteiger partial charge in [-0.3, -0.25) is 0 Å². The molecule has 1 rings (SSSR count). The molecule has 4 heteroatoms. The molecule has 1 N–H and O–H groups in total. The summed E-state index contributed by atoms with van der Waals surface area (Å²) in [7, 11) is 6.28. The summed E-state index contributed by atoms with van der Waals surface area (Å²) >= 11 is 0. The van der Waals surface area contributed by atoms with Gasteiger partial charge in [-0.2, -0.15) is 0 Å². The van der Waals surface area contributed by atoms with E-state index >= 15 is 0 Å². The summed E-state index contributed by atoms with van der Waals surface area (Å²) in [5.41, 5.74) is 2.39. The van der Waals surface area contributed by atoms with Gasteiger partial charge in [0.25, 0.3) is 0 Å². The van der Waals surface area contributed by atoms with Crippen molar-refractivity contribution in [3.05, 3.63) is 17.2 Å². The van der Waals surface area contributed by atoms with E-state index in [1.807, 2.05) is 0 Å². The lowest BCUT2D eigenvalue weighted by Crippen LogP contribution is -2.22. The van der Waals surface area contributed by atoms with Crippen LogP contribution in [0.1, 0.15) is 23.6 Å². The molecule has 0 saturated carbocycles. The van der Waals surface area contributed by atoms with Crippen molar-refractivity contribution < 1.29 is 0 Å². The zero-order chi connectivity index (χ0) is 12.1. The van der Waals surface area contributed by atoms with E-state index in [9.17, 15) is 0 Å². The highest BCUT2D eigenvalue weighted by molar-refractivity contribution is 5.13. The topological polar surface area (TPSA) is 33.1 Å². The summed E-state index contributed by atoms with van der Waals surface area (Å²) in [5.74, 6) is 1.12. The second kappa shape index (κ2) is 6.01. The van der Waals surface area contributed by atoms with Crippen molar-refractivity contribution in [2.45, 2.75) is 26.8 Å². The molecule has 1 aromatic rings. The third-order valence-electron chi connectivity index (χ3n) is 2.95. The van der Waals surface area contributed by atoms with Crippen LogP contribution in [0.3, 0.4) is 0 Å². The van der Waals surface area contributed by atoms with Crippen LogP contribution in [-0.2, 0) is 13.6 Å². The summed E-state index contributed by atoms with van der Waals surface area (Å²) in [5, 5.41) is 3.43. The zero-order valence-corrected chi connectivity index (χ0v) is 11.2. The van der Waals surface area contributed by atoms with E-state index in [2.05, 4.69) is 54.8 Å². The fourth-order valence-corrected chi connectivity index (χ4v) is 1.66. The molecule has 4 nitrogen and oxygen atoms in total. The maximum Gasteiger partial charge on any atom is 0.122 e. The van der Waals surface area contributed by atoms with Crippen molar-refractivity contribution in [1.82, 2.24) is 19.8 Å². The Morgan fingerprint density at radius 3 is 2.50 bits per heavy atom. The third-order valence-corrected chi connectivity index (χ3v) is 2.95. The number of hydrogen-bond acceptors (Lipinski definition) is 3. The molecular formula is C12H24N4. The van der Waals surface area contributed by atoms with E-state index in [-0.39, 0.29) is 0 Å². The van der Waals surface area contributed by atoms with Crippen molar-refractivity contribution >= 4 is 0 Å². The number of nitrogens with zero attached hydrogens (tertiary/aromatic N) is 3. The molecule has 0 aliphatic rings. The average Bonchev–Trinajstić information content (AvgIpc) is 2.45. The van der Waals surface area contributed by atoms with Crippen LogP contribution in [-0.4, -0.2) is 41.6 Å². The minimum Gasteiger partial charge on any atom is -0.334 e. The summed E-state index contributed by atoms with van der Waals surface area (Å²) in [6, 6.07) is 0. The molecule has 0 saturated heterocycles. The normalized spacial score (nSPS) is 11.4. The van der Waals surface area contributed by atoms with Crippen LogP contribution in [0.5, 0.6) is 0 Å². The number of rotatable bonds is 6. The Bertz CT molecular complexity index is 328. The lowest BCUT2D eigenvalue weighted by molar-refractivity contribution is 0.393. The number of imidazole rings is 1. The molecule has 0 aromatic carbocycles. The Morgan fingerprint density at radius 2 is 2.00 bits per heavy atom. The molecular weight excluding hydrogens is 200 g/mol. The highest BCUT2D eigenvalue weighted by atomic mass is 15.1. The first-order valence-electron chi connectivity index (χ1n) is 5.86. The Labute approximate surface area is 98.7 Å². The second-order valence-corrected chi connectivity index (χ2v) is 4.59. The monoisotopic (exact) mass is 224 g/mol. The molecule has 0 radical (unpaired) electrons. The van der Waals surface area contributed by atoms with Crippen molar-refractivity contribution in [3.63, 3.8) is 0 Å². The van der Waals surface area contributed by atoms with E-state index in [4.69, 9.17) is 0 Å². The number of nitrogens with one attached hydrogen (secondary N) is 1. The predicted octanol–water partition coefficient (Wildman–Crippen LogP) is 1.08. The molecule has 16 heavy (non-hydrogen) atoms. The lowest BCUT2D eigenvalue weighted by atomic mass is 10.4. The standard InChI is InChI=1S/C12H24N4/c1-10-11(2)16(5)12(14-10)9-13-7-6-8-15(3)4/h13H,6-9H2,1-5H3. The largest absolute Gasteiger partial charge is 0.334 e. The number of hydrogen-bond donors (Lipinski definition) is 1. The molecule has 0 amide bonds. The van der Waals surface area contributed by atoms with E-state index in [1.54, 1.807) is 0 Å². The number of aryl methyl sites for hydroxylation is 1. The average molecular weight is 224 g/mol. The smallest absolute Gasteiger partial charge is 0.122 e. The van der Waals surface area contributed by atoms with Crippen LogP contribution in [0.25, 0.3) is 0 Å². The molecule has 0 bridgehead atoms. The van der Waals surface area contributed by atoms with Gasteiger partial charge in [-0.1, -0.05) is 0 Å². The van der Waals surface area contributed by atoms with Gasteiger partial charge in [-0.25, -0.2) is 4.98 Å². The second-order valence-electron chi connectivity index (χ2n) is 4.59. The molecule has 92 valence electrons. The van der Waals surface area contributed by atoms with Gasteiger partial charge in [0.15, 0.2) is 0 Å². The van der Waals surface area contributed by atoms with Gasteiger partial charge in [0.2, 0.25) is 0 Å². The van der Waals surface area contributed by atoms with Gasteiger partial charge in [0.1, 0.15) is 5.82 Å². The van der Waals surface area contributed by atoms with Crippen LogP contribution < -0.4 is 5.32 Å². The molecule has 1 heterocycles. The van der Waals surface area contributed by atoms with Crippen LogP contribution >= 0.6 is 0 Å². The van der Waals surface area contributed by atoms with Gasteiger partial charge in [-0.15, -0.1) is 0 Å². The number of aromatic nitrogens is 2. The minimum absolute atomic E-state index is 0.860. The maximum absolute atomic E-state index is 4.53. The maximum atomic E-state index is 4.53. The summed E-state index contributed by atoms with van der Waals surface area (Å²) < 4.78 is 2.16. The molecule has 0 spiro atoms. The predicted molar refractivity (Wildman–Crippen MR) is 67.6 cm³/mol. The third kappa shape index (κ3) is 3.61. The van der Waals surface area contributed by atoms with Crippen LogP contribution in [0.15, 0.2) is 0 Å². The summed E-state index contributed by atoms with van der Waals surface area (Å²) in [6.07, 6.45) is 1.18. The zero-order valence-electron chi connectivity index (χ0n) is 11.2. The fourth-order valence-electron chi connectivity index (χ4n) is 1.66. The van der Waals surface area contributed by atoms with Gasteiger partial charge < -0.3 is 14.8 Å². The first-order chi connectivity index (χ1) is 7.52. The molecule has 0 aliphatic heterocycles. The van der Waals surface area contributed by atoms with Gasteiger partial charge in [-0.05, 0) is 47.5 Å². The fraction of sp³-hybridized carbons (Fsp3) is 0.750. The summed E-state index contributed by atoms with van der Waals surface area (Å²) in [6.45, 7) is 7.20. The van der Waals surface area contributed by atoms with E-state index in [1.165, 1.54) is 12.1 Å². The molecule has 0 unspecified atom stereocenters. The summed E-state index contributed by atoms with van der Waals surface area (Å²) in [4.78, 5) is 6.74. The van der Waals surface area contributed by atoms with Crippen molar-refractivity contribution in [3.8, 4) is 0 Å². The molecule has 0 fully saturated rings. The first kappa shape index (κ1) is 13.2. The quantitative estimate of drug-likeness (QED) is 0.734. The van der Waals surface area contributed by atoms with E-state index in [0.717, 1.165) is 31.2 Å².